The van der Waals surface area contributed by atoms with Crippen LogP contribution in [-0.2, 0) is 7.05 Å². The second-order valence-corrected chi connectivity index (χ2v) is 3.82. The molecule has 1 aromatic heterocycles. The Hall–Kier alpha value is -2.70. The summed E-state index contributed by atoms with van der Waals surface area (Å²) in [5.41, 5.74) is 5.03. The molecule has 2 amide bonds. The summed E-state index contributed by atoms with van der Waals surface area (Å²) in [6.07, 6.45) is 2.89. The lowest BCUT2D eigenvalue weighted by Crippen LogP contribution is -2.41. The molecule has 0 unspecified atom stereocenters. The summed E-state index contributed by atoms with van der Waals surface area (Å²) in [6.45, 7) is 0. The van der Waals surface area contributed by atoms with E-state index in [1.54, 1.807) is 7.05 Å². The van der Waals surface area contributed by atoms with Gasteiger partial charge in [0.25, 0.3) is 11.8 Å². The summed E-state index contributed by atoms with van der Waals surface area (Å²) in [6, 6.07) is 4.97. The first-order valence-electron chi connectivity index (χ1n) is 5.41. The molecule has 0 bridgehead atoms. The van der Waals surface area contributed by atoms with Gasteiger partial charge in [0, 0.05) is 18.8 Å². The molecule has 98 valence electrons. The molecule has 0 aliphatic heterocycles. The number of hydrogen-bond acceptors (Lipinski definition) is 3. The van der Waals surface area contributed by atoms with E-state index in [2.05, 4.69) is 16.0 Å². The van der Waals surface area contributed by atoms with E-state index in [0.29, 0.717) is 5.56 Å². The lowest BCUT2D eigenvalue weighted by molar-refractivity contribution is 0.0846. The molecule has 6 nitrogen and oxygen atoms in total. The van der Waals surface area contributed by atoms with Gasteiger partial charge in [0.15, 0.2) is 0 Å². The molecule has 1 aromatic carbocycles. The fourth-order valence-electron chi connectivity index (χ4n) is 1.40. The van der Waals surface area contributed by atoms with Crippen LogP contribution in [0.3, 0.4) is 0 Å². The monoisotopic (exact) mass is 262 g/mol. The van der Waals surface area contributed by atoms with Crippen molar-refractivity contribution in [1.29, 1.82) is 0 Å². The molecule has 19 heavy (non-hydrogen) atoms. The molecule has 0 atom stereocenters. The van der Waals surface area contributed by atoms with Crippen LogP contribution >= 0.6 is 0 Å². The van der Waals surface area contributed by atoms with E-state index in [9.17, 15) is 14.0 Å². The highest BCUT2D eigenvalue weighted by molar-refractivity contribution is 5.98. The third-order valence-electron chi connectivity index (χ3n) is 2.36. The number of carbonyl (C=O) groups is 2. The molecule has 2 rings (SSSR count). The van der Waals surface area contributed by atoms with Crippen LogP contribution in [0.5, 0.6) is 0 Å². The number of halogens is 1. The smallest absolute Gasteiger partial charge is 0.272 e. The lowest BCUT2D eigenvalue weighted by Gasteiger charge is -2.05. The molecular formula is C12H11FN4O2. The highest BCUT2D eigenvalue weighted by Gasteiger charge is 2.10. The SMILES string of the molecule is Cn1cc(C(=O)NNC(=O)c2ccc(F)cc2)cn1. The molecule has 0 fully saturated rings. The Morgan fingerprint density at radius 3 is 2.21 bits per heavy atom. The highest BCUT2D eigenvalue weighted by atomic mass is 19.1. The predicted molar refractivity (Wildman–Crippen MR) is 64.5 cm³/mol. The van der Waals surface area contributed by atoms with Gasteiger partial charge in [0.05, 0.1) is 11.8 Å². The maximum Gasteiger partial charge on any atom is 0.272 e. The molecule has 0 radical (unpaired) electrons. The number of rotatable bonds is 2. The third-order valence-corrected chi connectivity index (χ3v) is 2.36. The van der Waals surface area contributed by atoms with Crippen molar-refractivity contribution in [2.45, 2.75) is 0 Å². The zero-order chi connectivity index (χ0) is 13.8. The number of aryl methyl sites for hydroxylation is 1. The fourth-order valence-corrected chi connectivity index (χ4v) is 1.40. The van der Waals surface area contributed by atoms with Gasteiger partial charge < -0.3 is 0 Å². The Morgan fingerprint density at radius 1 is 1.11 bits per heavy atom. The average Bonchev–Trinajstić information content (AvgIpc) is 2.83. The normalized spacial score (nSPS) is 10.0. The van der Waals surface area contributed by atoms with E-state index in [1.165, 1.54) is 29.2 Å². The minimum atomic E-state index is -0.530. The molecule has 0 saturated carbocycles. The van der Waals surface area contributed by atoms with Gasteiger partial charge in [-0.05, 0) is 24.3 Å². The van der Waals surface area contributed by atoms with Crippen LogP contribution in [-0.4, -0.2) is 21.6 Å². The largest absolute Gasteiger partial charge is 0.275 e. The van der Waals surface area contributed by atoms with Crippen LogP contribution in [0.4, 0.5) is 4.39 Å². The minimum absolute atomic E-state index is 0.243. The Kier molecular flexibility index (Phi) is 3.56. The van der Waals surface area contributed by atoms with Crippen molar-refractivity contribution in [2.24, 2.45) is 7.05 Å². The summed E-state index contributed by atoms with van der Waals surface area (Å²) < 4.78 is 14.1. The second-order valence-electron chi connectivity index (χ2n) is 3.82. The predicted octanol–water partition coefficient (Wildman–Crippen LogP) is 0.634. The topological polar surface area (TPSA) is 76.0 Å². The molecule has 0 saturated heterocycles. The first kappa shape index (κ1) is 12.7. The van der Waals surface area contributed by atoms with Crippen LogP contribution in [0.1, 0.15) is 20.7 Å². The van der Waals surface area contributed by atoms with Gasteiger partial charge in [0.1, 0.15) is 5.82 Å². The van der Waals surface area contributed by atoms with Crippen molar-refractivity contribution in [3.63, 3.8) is 0 Å². The van der Waals surface area contributed by atoms with Crippen molar-refractivity contribution in [1.82, 2.24) is 20.6 Å². The van der Waals surface area contributed by atoms with Crippen molar-refractivity contribution in [3.8, 4) is 0 Å². The van der Waals surface area contributed by atoms with Gasteiger partial charge in [-0.3, -0.25) is 25.1 Å². The van der Waals surface area contributed by atoms with Gasteiger partial charge in [-0.2, -0.15) is 5.10 Å². The van der Waals surface area contributed by atoms with E-state index in [4.69, 9.17) is 0 Å². The first-order chi connectivity index (χ1) is 9.06. The van der Waals surface area contributed by atoms with Gasteiger partial charge in [-0.25, -0.2) is 4.39 Å². The standard InChI is InChI=1S/C12H11FN4O2/c1-17-7-9(6-14-17)12(19)16-15-11(18)8-2-4-10(13)5-3-8/h2-7H,1H3,(H,15,18)(H,16,19). The first-order valence-corrected chi connectivity index (χ1v) is 5.41. The zero-order valence-corrected chi connectivity index (χ0v) is 10.1. The maximum absolute atomic E-state index is 12.7. The van der Waals surface area contributed by atoms with E-state index in [-0.39, 0.29) is 5.56 Å². The Bertz CT molecular complexity index is 606. The number of nitrogens with one attached hydrogen (secondary N) is 2. The number of carbonyl (C=O) groups excluding carboxylic acids is 2. The summed E-state index contributed by atoms with van der Waals surface area (Å²) >= 11 is 0. The highest BCUT2D eigenvalue weighted by Crippen LogP contribution is 2.02. The summed E-state index contributed by atoms with van der Waals surface area (Å²) in [5.74, 6) is -1.45. The Balaban J connectivity index is 1.93. The van der Waals surface area contributed by atoms with Crippen molar-refractivity contribution < 1.29 is 14.0 Å². The summed E-state index contributed by atoms with van der Waals surface area (Å²) in [7, 11) is 1.67. The number of nitrogens with zero attached hydrogens (tertiary/aromatic N) is 2. The van der Waals surface area contributed by atoms with Crippen molar-refractivity contribution >= 4 is 11.8 Å². The van der Waals surface area contributed by atoms with E-state index >= 15 is 0 Å². The van der Waals surface area contributed by atoms with Crippen LogP contribution < -0.4 is 10.9 Å². The van der Waals surface area contributed by atoms with Gasteiger partial charge in [-0.1, -0.05) is 0 Å². The lowest BCUT2D eigenvalue weighted by atomic mass is 10.2. The number of amides is 2. The summed E-state index contributed by atoms with van der Waals surface area (Å²) in [4.78, 5) is 23.2. The van der Waals surface area contributed by atoms with Crippen LogP contribution in [0.25, 0.3) is 0 Å². The molecular weight excluding hydrogens is 251 g/mol. The molecule has 1 heterocycles. The minimum Gasteiger partial charge on any atom is -0.275 e. The molecule has 2 N–H and O–H groups in total. The van der Waals surface area contributed by atoms with Crippen LogP contribution in [0.2, 0.25) is 0 Å². The number of benzene rings is 1. The molecule has 0 aliphatic carbocycles. The summed E-state index contributed by atoms with van der Waals surface area (Å²) in [5, 5.41) is 3.83. The zero-order valence-electron chi connectivity index (χ0n) is 10.1. The quantitative estimate of drug-likeness (QED) is 0.779. The Labute approximate surface area is 108 Å². The molecule has 0 spiro atoms. The van der Waals surface area contributed by atoms with E-state index < -0.39 is 17.6 Å². The number of hydrogen-bond donors (Lipinski definition) is 2. The Morgan fingerprint density at radius 2 is 1.68 bits per heavy atom. The second kappa shape index (κ2) is 5.30. The average molecular weight is 262 g/mol. The molecule has 0 aliphatic rings. The number of aromatic nitrogens is 2. The molecule has 2 aromatic rings. The van der Waals surface area contributed by atoms with Gasteiger partial charge in [0.2, 0.25) is 0 Å². The van der Waals surface area contributed by atoms with E-state index in [0.717, 1.165) is 12.1 Å². The third kappa shape index (κ3) is 3.15. The van der Waals surface area contributed by atoms with E-state index in [1.807, 2.05) is 0 Å². The van der Waals surface area contributed by atoms with Gasteiger partial charge in [-0.15, -0.1) is 0 Å². The fraction of sp³-hybridized carbons (Fsp3) is 0.0833. The van der Waals surface area contributed by atoms with Crippen molar-refractivity contribution in [2.75, 3.05) is 0 Å². The maximum atomic E-state index is 12.7. The van der Waals surface area contributed by atoms with Crippen LogP contribution in [0.15, 0.2) is 36.7 Å². The van der Waals surface area contributed by atoms with Crippen molar-refractivity contribution in [3.05, 3.63) is 53.6 Å². The molecule has 7 heteroatoms. The van der Waals surface area contributed by atoms with Crippen LogP contribution in [0, 0.1) is 5.82 Å². The number of hydrazine groups is 1. The van der Waals surface area contributed by atoms with Gasteiger partial charge >= 0.3 is 0 Å².